The van der Waals surface area contributed by atoms with Crippen molar-refractivity contribution in [1.82, 2.24) is 10.6 Å². The van der Waals surface area contributed by atoms with Gasteiger partial charge in [-0.3, -0.25) is 0 Å². The fourth-order valence-electron chi connectivity index (χ4n) is 2.91. The summed E-state index contributed by atoms with van der Waals surface area (Å²) in [5, 5.41) is 10.2. The molecule has 0 fully saturated rings. The van der Waals surface area contributed by atoms with E-state index >= 15 is 0 Å². The summed E-state index contributed by atoms with van der Waals surface area (Å²) in [4.78, 5) is 28.8. The number of aliphatic hydroxyl groups excluding tert-OH is 1. The number of rotatable bonds is 9. The summed E-state index contributed by atoms with van der Waals surface area (Å²) < 4.78 is 50.7. The topological polar surface area (TPSA) is 100 Å². The van der Waals surface area contributed by atoms with Gasteiger partial charge in [0.1, 0.15) is 5.75 Å². The average molecular weight is 497 g/mol. The van der Waals surface area contributed by atoms with E-state index in [0.717, 1.165) is 11.1 Å². The number of esters is 1. The minimum Gasteiger partial charge on any atom is -0.475 e. The van der Waals surface area contributed by atoms with Gasteiger partial charge in [-0.1, -0.05) is 32.4 Å². The lowest BCUT2D eigenvalue weighted by molar-refractivity contribution is -0.785. The van der Waals surface area contributed by atoms with Crippen LogP contribution in [-0.4, -0.2) is 60.3 Å². The molecule has 0 spiro atoms. The second-order valence-electron chi connectivity index (χ2n) is 8.28. The van der Waals surface area contributed by atoms with E-state index in [2.05, 4.69) is 4.84 Å². The van der Waals surface area contributed by atoms with Crippen molar-refractivity contribution in [2.75, 3.05) is 27.0 Å². The van der Waals surface area contributed by atoms with E-state index in [9.17, 15) is 22.9 Å². The first-order valence-electron chi connectivity index (χ1n) is 9.88. The van der Waals surface area contributed by atoms with E-state index < -0.39 is 36.0 Å². The fraction of sp³-hybridized carbons (Fsp3) is 0.550. The van der Waals surface area contributed by atoms with E-state index in [4.69, 9.17) is 26.2 Å². The number of hydrazine groups is 2. The number of carbonyl (C=O) groups excluding carboxylic acids is 1. The number of nitrogens with one attached hydrogen (secondary N) is 1. The van der Waals surface area contributed by atoms with Crippen molar-refractivity contribution in [3.63, 3.8) is 0 Å². The standard InChI is InChI=1S/C20H26ClF3N3O6/c1-19(2,3)14-10-16-12(9-15(14)21)8-13(17(33-16)20(22,23)24)18(29)31-11-32-25-27(30)26(4)6-5-7-28/h8-10,17,28H,5-7,11H2,1-4H3,(H,25,30)/q+1/t17-/m0/s1. The number of nitrogens with zero attached hydrogens (tertiary/aromatic N) is 2. The first-order chi connectivity index (χ1) is 15.3. The third-order valence-corrected chi connectivity index (χ3v) is 4.93. The number of fused-ring (bicyclic) bond motifs is 1. The predicted octanol–water partition coefficient (Wildman–Crippen LogP) is 3.29. The highest BCUT2D eigenvalue weighted by molar-refractivity contribution is 6.31. The molecule has 1 aromatic rings. The number of nitroso groups, excluding NO2 is 1. The summed E-state index contributed by atoms with van der Waals surface area (Å²) in [5.41, 5.74) is 1.43. The Balaban J connectivity index is 2.14. The van der Waals surface area contributed by atoms with E-state index in [-0.39, 0.29) is 29.4 Å². The lowest BCUT2D eigenvalue weighted by Crippen LogP contribution is -2.42. The van der Waals surface area contributed by atoms with Crippen molar-refractivity contribution in [3.05, 3.63) is 38.8 Å². The minimum absolute atomic E-state index is 0.0611. The molecule has 1 aromatic carbocycles. The van der Waals surface area contributed by atoms with Crippen LogP contribution in [0.1, 0.15) is 38.3 Å². The van der Waals surface area contributed by atoms with Gasteiger partial charge in [0, 0.05) is 22.8 Å². The van der Waals surface area contributed by atoms with Crippen LogP contribution in [0.2, 0.25) is 5.02 Å². The summed E-state index contributed by atoms with van der Waals surface area (Å²) >= 11 is 6.29. The third-order valence-electron chi connectivity index (χ3n) is 4.62. The van der Waals surface area contributed by atoms with Gasteiger partial charge in [0.05, 0.1) is 24.1 Å². The summed E-state index contributed by atoms with van der Waals surface area (Å²) in [7, 11) is 1.40. The van der Waals surface area contributed by atoms with Gasteiger partial charge in [-0.05, 0) is 35.6 Å². The second kappa shape index (κ2) is 10.6. The van der Waals surface area contributed by atoms with Crippen molar-refractivity contribution in [3.8, 4) is 5.75 Å². The predicted molar refractivity (Wildman–Crippen MR) is 112 cm³/mol. The van der Waals surface area contributed by atoms with Crippen LogP contribution in [0.3, 0.4) is 0 Å². The summed E-state index contributed by atoms with van der Waals surface area (Å²) in [6.45, 7) is 4.77. The van der Waals surface area contributed by atoms with Crippen LogP contribution >= 0.6 is 11.6 Å². The zero-order chi connectivity index (χ0) is 25.0. The fourth-order valence-corrected chi connectivity index (χ4v) is 3.36. The summed E-state index contributed by atoms with van der Waals surface area (Å²) in [6.07, 6.45) is -6.13. The van der Waals surface area contributed by atoms with Gasteiger partial charge < -0.3 is 14.6 Å². The molecule has 0 aromatic heterocycles. The molecule has 33 heavy (non-hydrogen) atoms. The number of halogens is 4. The first-order valence-corrected chi connectivity index (χ1v) is 10.3. The molecule has 0 amide bonds. The molecule has 0 radical (unpaired) electrons. The van der Waals surface area contributed by atoms with E-state index in [1.807, 2.05) is 26.4 Å². The van der Waals surface area contributed by atoms with Crippen molar-refractivity contribution < 1.29 is 42.4 Å². The monoisotopic (exact) mass is 496 g/mol. The Hall–Kier alpha value is -2.57. The molecule has 2 rings (SSSR count). The Kier molecular flexibility index (Phi) is 8.55. The normalized spacial score (nSPS) is 15.8. The Morgan fingerprint density at radius 3 is 2.58 bits per heavy atom. The maximum atomic E-state index is 13.6. The van der Waals surface area contributed by atoms with E-state index in [1.54, 1.807) is 0 Å². The second-order valence-corrected chi connectivity index (χ2v) is 8.68. The van der Waals surface area contributed by atoms with Crippen LogP contribution in [0.5, 0.6) is 5.75 Å². The molecule has 0 aliphatic carbocycles. The Bertz CT molecular complexity index is 918. The van der Waals surface area contributed by atoms with Crippen LogP contribution < -0.4 is 10.3 Å². The van der Waals surface area contributed by atoms with Gasteiger partial charge in [-0.2, -0.15) is 18.0 Å². The maximum Gasteiger partial charge on any atom is 0.430 e. The van der Waals surface area contributed by atoms with Crippen LogP contribution in [0.4, 0.5) is 13.2 Å². The molecular formula is C20H26ClF3N3O6+. The lowest BCUT2D eigenvalue weighted by Gasteiger charge is -2.30. The molecule has 0 bridgehead atoms. The number of benzene rings is 1. The molecule has 1 heterocycles. The van der Waals surface area contributed by atoms with Crippen LogP contribution in [0, 0.1) is 4.91 Å². The summed E-state index contributed by atoms with van der Waals surface area (Å²) in [6, 6.07) is 2.85. The summed E-state index contributed by atoms with van der Waals surface area (Å²) in [5.74, 6) is -1.40. The van der Waals surface area contributed by atoms with Gasteiger partial charge in [0.25, 0.3) is 4.98 Å². The number of aliphatic hydroxyl groups is 1. The van der Waals surface area contributed by atoms with Gasteiger partial charge in [-0.15, -0.1) is 5.01 Å². The van der Waals surface area contributed by atoms with Crippen molar-refractivity contribution in [1.29, 1.82) is 0 Å². The molecular weight excluding hydrogens is 471 g/mol. The van der Waals surface area contributed by atoms with Crippen LogP contribution in [0.25, 0.3) is 6.08 Å². The highest BCUT2D eigenvalue weighted by atomic mass is 35.5. The van der Waals surface area contributed by atoms with E-state index in [0.29, 0.717) is 17.0 Å². The molecule has 1 aliphatic heterocycles. The highest BCUT2D eigenvalue weighted by Gasteiger charge is 2.49. The SMILES string of the molecule is CN(CCCO)[N+](=O)NOCOC(=O)C1=Cc2cc(Cl)c(C(C)(C)C)cc2O[C@@H]1C(F)(F)F. The van der Waals surface area contributed by atoms with Gasteiger partial charge >= 0.3 is 12.1 Å². The number of carbonyl (C=O) groups is 1. The molecule has 184 valence electrons. The Morgan fingerprint density at radius 1 is 1.33 bits per heavy atom. The van der Waals surface area contributed by atoms with Crippen molar-refractivity contribution in [2.24, 2.45) is 0 Å². The number of alkyl halides is 3. The molecule has 0 saturated carbocycles. The van der Waals surface area contributed by atoms with Crippen LogP contribution in [0.15, 0.2) is 17.7 Å². The number of hydrogen-bond acceptors (Lipinski definition) is 6. The Labute approximate surface area is 193 Å². The van der Waals surface area contributed by atoms with Crippen molar-refractivity contribution >= 4 is 23.6 Å². The van der Waals surface area contributed by atoms with Crippen molar-refractivity contribution in [2.45, 2.75) is 44.9 Å². The molecule has 1 atom stereocenters. The molecule has 13 heteroatoms. The third kappa shape index (κ3) is 6.95. The molecule has 0 unspecified atom stereocenters. The zero-order valence-corrected chi connectivity index (χ0v) is 19.3. The maximum absolute atomic E-state index is 13.6. The largest absolute Gasteiger partial charge is 0.475 e. The van der Waals surface area contributed by atoms with Gasteiger partial charge in [0.15, 0.2) is 0 Å². The first kappa shape index (κ1) is 26.7. The highest BCUT2D eigenvalue weighted by Crippen LogP contribution is 2.42. The van der Waals surface area contributed by atoms with Gasteiger partial charge in [-0.25, -0.2) is 4.79 Å². The Morgan fingerprint density at radius 2 is 2.00 bits per heavy atom. The molecule has 2 N–H and O–H groups in total. The zero-order valence-electron chi connectivity index (χ0n) is 18.5. The quantitative estimate of drug-likeness (QED) is 0.177. The van der Waals surface area contributed by atoms with Gasteiger partial charge in [0.2, 0.25) is 12.9 Å². The number of hydrogen-bond donors (Lipinski definition) is 2. The lowest BCUT2D eigenvalue weighted by atomic mass is 9.85. The molecule has 1 aliphatic rings. The van der Waals surface area contributed by atoms with E-state index in [1.165, 1.54) is 19.2 Å². The van der Waals surface area contributed by atoms with Crippen LogP contribution in [-0.2, 0) is 19.8 Å². The molecule has 0 saturated heterocycles. The average Bonchev–Trinajstić information content (AvgIpc) is 2.71. The smallest absolute Gasteiger partial charge is 0.430 e. The minimum atomic E-state index is -4.90. The molecule has 9 nitrogen and oxygen atoms in total. The number of ether oxygens (including phenoxy) is 2.